The van der Waals surface area contributed by atoms with Gasteiger partial charge in [-0.2, -0.15) is 0 Å². The highest BCUT2D eigenvalue weighted by Crippen LogP contribution is 2.12. The Morgan fingerprint density at radius 3 is 2.59 bits per heavy atom. The summed E-state index contributed by atoms with van der Waals surface area (Å²) < 4.78 is 0. The first-order valence-electron chi connectivity index (χ1n) is 11.1. The van der Waals surface area contributed by atoms with Crippen molar-refractivity contribution in [1.29, 1.82) is 0 Å². The van der Waals surface area contributed by atoms with Crippen molar-refractivity contribution in [3.8, 4) is 0 Å². The Bertz CT molecular complexity index is 1120. The Morgan fingerprint density at radius 1 is 1.09 bits per heavy atom. The minimum Gasteiger partial charge on any atom is -0.368 e. The van der Waals surface area contributed by atoms with Crippen LogP contribution in [0.4, 0.5) is 5.82 Å². The third kappa shape index (κ3) is 6.78. The van der Waals surface area contributed by atoms with E-state index in [1.54, 1.807) is 6.08 Å². The molecule has 2 aromatic rings. The molecule has 166 valence electrons. The van der Waals surface area contributed by atoms with E-state index in [-0.39, 0.29) is 0 Å². The van der Waals surface area contributed by atoms with E-state index >= 15 is 0 Å². The lowest BCUT2D eigenvalue weighted by atomic mass is 10.1. The number of halogens is 1. The third-order valence-corrected chi connectivity index (χ3v) is 5.58. The summed E-state index contributed by atoms with van der Waals surface area (Å²) in [6, 6.07) is 7.72. The Hall–Kier alpha value is -2.95. The summed E-state index contributed by atoms with van der Waals surface area (Å²) in [5.41, 5.74) is 2.26. The fourth-order valence-electron chi connectivity index (χ4n) is 3.47. The summed E-state index contributed by atoms with van der Waals surface area (Å²) >= 11 is 6.00. The molecule has 0 saturated heterocycles. The van der Waals surface area contributed by atoms with Crippen molar-refractivity contribution in [3.63, 3.8) is 0 Å². The van der Waals surface area contributed by atoms with Crippen LogP contribution in [0.25, 0.3) is 24.3 Å². The molecule has 32 heavy (non-hydrogen) atoms. The van der Waals surface area contributed by atoms with E-state index in [9.17, 15) is 0 Å². The lowest BCUT2D eigenvalue weighted by Crippen LogP contribution is -2.37. The van der Waals surface area contributed by atoms with Gasteiger partial charge in [0.25, 0.3) is 0 Å². The van der Waals surface area contributed by atoms with Gasteiger partial charge in [0.2, 0.25) is 0 Å². The number of hydrogen-bond acceptors (Lipinski definition) is 4. The summed E-state index contributed by atoms with van der Waals surface area (Å²) in [6.07, 6.45) is 16.9. The summed E-state index contributed by atoms with van der Waals surface area (Å²) in [5, 5.41) is 6.27. The number of fused-ring (bicyclic) bond motifs is 1. The van der Waals surface area contributed by atoms with Crippen LogP contribution in [0.1, 0.15) is 31.7 Å². The van der Waals surface area contributed by atoms with Crippen LogP contribution in [0.5, 0.6) is 0 Å². The van der Waals surface area contributed by atoms with Gasteiger partial charge in [0.15, 0.2) is 5.82 Å². The van der Waals surface area contributed by atoms with Crippen LogP contribution in [0.3, 0.4) is 0 Å². The number of hydrogen-bond donors (Lipinski definition) is 1. The van der Waals surface area contributed by atoms with Crippen molar-refractivity contribution in [1.82, 2.24) is 14.9 Å². The van der Waals surface area contributed by atoms with Gasteiger partial charge in [0.1, 0.15) is 5.82 Å². The highest BCUT2D eigenvalue weighted by atomic mass is 35.5. The molecule has 0 bridgehead atoms. The first kappa shape index (κ1) is 23.7. The maximum Gasteiger partial charge on any atom is 0.154 e. The van der Waals surface area contributed by atoms with Gasteiger partial charge in [-0.15, -0.1) is 0 Å². The van der Waals surface area contributed by atoms with Gasteiger partial charge in [-0.3, -0.25) is 0 Å². The summed E-state index contributed by atoms with van der Waals surface area (Å²) in [7, 11) is 0. The van der Waals surface area contributed by atoms with Gasteiger partial charge in [0.05, 0.1) is 5.35 Å². The molecule has 4 nitrogen and oxygen atoms in total. The lowest BCUT2D eigenvalue weighted by Gasteiger charge is -2.18. The Labute approximate surface area is 196 Å². The van der Waals surface area contributed by atoms with Gasteiger partial charge >= 0.3 is 0 Å². The molecule has 0 spiro atoms. The van der Waals surface area contributed by atoms with Gasteiger partial charge in [-0.25, -0.2) is 9.97 Å². The van der Waals surface area contributed by atoms with Crippen LogP contribution < -0.4 is 15.9 Å². The molecule has 1 aliphatic rings. The molecular weight excluding hydrogens is 416 g/mol. The van der Waals surface area contributed by atoms with E-state index in [0.717, 1.165) is 59.6 Å². The molecule has 3 rings (SSSR count). The number of nitrogens with zero attached hydrogens (tertiary/aromatic N) is 3. The number of allylic oxidation sites excluding steroid dienone is 5. The molecule has 0 saturated carbocycles. The topological polar surface area (TPSA) is 41.1 Å². The number of nitrogens with one attached hydrogen (secondary N) is 1. The zero-order valence-corrected chi connectivity index (χ0v) is 19.6. The maximum absolute atomic E-state index is 6.00. The molecule has 1 aliphatic carbocycles. The number of anilines is 1. The number of aromatic nitrogens is 2. The fraction of sp³-hybridized carbons (Fsp3) is 0.259. The van der Waals surface area contributed by atoms with E-state index < -0.39 is 0 Å². The van der Waals surface area contributed by atoms with E-state index in [0.29, 0.717) is 5.82 Å². The number of benzene rings is 1. The predicted octanol–water partition coefficient (Wildman–Crippen LogP) is 4.69. The van der Waals surface area contributed by atoms with Crippen LogP contribution in [0.2, 0.25) is 5.02 Å². The monoisotopic (exact) mass is 446 g/mol. The van der Waals surface area contributed by atoms with Gasteiger partial charge in [-0.05, 0) is 54.9 Å². The average Bonchev–Trinajstić information content (AvgIpc) is 2.81. The van der Waals surface area contributed by atoms with Crippen LogP contribution in [0.15, 0.2) is 60.7 Å². The third-order valence-electron chi connectivity index (χ3n) is 5.32. The molecule has 0 radical (unpaired) electrons. The molecule has 1 aromatic heterocycles. The quantitative estimate of drug-likeness (QED) is 0.537. The van der Waals surface area contributed by atoms with Gasteiger partial charge < -0.3 is 10.2 Å². The second-order valence-electron chi connectivity index (χ2n) is 7.48. The molecule has 0 atom stereocenters. The zero-order valence-electron chi connectivity index (χ0n) is 18.9. The fourth-order valence-corrected chi connectivity index (χ4v) is 3.60. The largest absolute Gasteiger partial charge is 0.368 e. The molecule has 0 amide bonds. The highest BCUT2D eigenvalue weighted by molar-refractivity contribution is 6.30. The maximum atomic E-state index is 6.00. The molecule has 1 heterocycles. The van der Waals surface area contributed by atoms with Crippen molar-refractivity contribution in [2.24, 2.45) is 0 Å². The van der Waals surface area contributed by atoms with Crippen LogP contribution in [0, 0.1) is 0 Å². The van der Waals surface area contributed by atoms with E-state index in [1.165, 1.54) is 5.57 Å². The molecule has 5 heteroatoms. The van der Waals surface area contributed by atoms with Crippen molar-refractivity contribution in [3.05, 3.63) is 87.7 Å². The SMILES string of the molecule is C=C/C=C\C=C1\C=c2nc(/C=C/c3ccc(Cl)cc3)nc(NCCN(CC)CC)c2=CC1. The Kier molecular flexibility index (Phi) is 9.02. The second kappa shape index (κ2) is 12.2. The molecule has 1 aromatic carbocycles. The summed E-state index contributed by atoms with van der Waals surface area (Å²) in [5.74, 6) is 1.56. The standard InChI is InChI=1S/C27H31ClN4/c1-4-7-8-9-22-12-16-24-25(20-22)30-26(17-13-21-10-14-23(28)15-11-21)31-27(24)29-18-19-32(5-2)6-3/h4,7-11,13-17,20H,1,5-6,12,18-19H2,2-3H3,(H,29,30,31)/b8-7-,17-13+,22-9+. The first-order chi connectivity index (χ1) is 15.6. The predicted molar refractivity (Wildman–Crippen MR) is 139 cm³/mol. The molecule has 0 unspecified atom stereocenters. The first-order valence-corrected chi connectivity index (χ1v) is 11.5. The van der Waals surface area contributed by atoms with Crippen molar-refractivity contribution >= 4 is 41.7 Å². The molecule has 0 aliphatic heterocycles. The molecular formula is C27H31ClN4. The minimum atomic E-state index is 0.677. The second-order valence-corrected chi connectivity index (χ2v) is 7.92. The van der Waals surface area contributed by atoms with Gasteiger partial charge in [-0.1, -0.05) is 80.6 Å². The number of likely N-dealkylation sites (N-methyl/N-ethyl adjacent to an activating group) is 1. The van der Waals surface area contributed by atoms with Crippen molar-refractivity contribution in [2.45, 2.75) is 20.3 Å². The van der Waals surface area contributed by atoms with Gasteiger partial charge in [0, 0.05) is 23.3 Å². The minimum absolute atomic E-state index is 0.677. The van der Waals surface area contributed by atoms with E-state index in [1.807, 2.05) is 48.6 Å². The summed E-state index contributed by atoms with van der Waals surface area (Å²) in [6.45, 7) is 12.0. The lowest BCUT2D eigenvalue weighted by molar-refractivity contribution is 0.316. The summed E-state index contributed by atoms with van der Waals surface area (Å²) in [4.78, 5) is 12.0. The smallest absolute Gasteiger partial charge is 0.154 e. The van der Waals surface area contributed by atoms with Crippen LogP contribution >= 0.6 is 11.6 Å². The molecule has 0 fully saturated rings. The normalized spacial score (nSPS) is 14.6. The van der Waals surface area contributed by atoms with Crippen molar-refractivity contribution < 1.29 is 0 Å². The average molecular weight is 447 g/mol. The molecule has 1 N–H and O–H groups in total. The number of rotatable bonds is 10. The van der Waals surface area contributed by atoms with E-state index in [4.69, 9.17) is 21.6 Å². The Morgan fingerprint density at radius 2 is 1.88 bits per heavy atom. The van der Waals surface area contributed by atoms with Crippen LogP contribution in [-0.4, -0.2) is 41.0 Å². The van der Waals surface area contributed by atoms with Crippen molar-refractivity contribution in [2.75, 3.05) is 31.5 Å². The Balaban J connectivity index is 1.93. The zero-order chi connectivity index (χ0) is 22.8. The van der Waals surface area contributed by atoms with Crippen LogP contribution in [-0.2, 0) is 0 Å². The highest BCUT2D eigenvalue weighted by Gasteiger charge is 2.08. The van der Waals surface area contributed by atoms with E-state index in [2.05, 4.69) is 48.9 Å².